The van der Waals surface area contributed by atoms with Crippen molar-refractivity contribution in [3.05, 3.63) is 40.9 Å². The van der Waals surface area contributed by atoms with Crippen molar-refractivity contribution in [2.24, 2.45) is 0 Å². The van der Waals surface area contributed by atoms with Crippen LogP contribution in [-0.4, -0.2) is 21.6 Å². The molecule has 0 saturated heterocycles. The van der Waals surface area contributed by atoms with Gasteiger partial charge in [-0.3, -0.25) is 0 Å². The Kier molecular flexibility index (Phi) is 2.57. The molecule has 0 radical (unpaired) electrons. The van der Waals surface area contributed by atoms with Gasteiger partial charge in [0.15, 0.2) is 0 Å². The summed E-state index contributed by atoms with van der Waals surface area (Å²) < 4.78 is 0. The lowest BCUT2D eigenvalue weighted by Crippen LogP contribution is -2.15. The summed E-state index contributed by atoms with van der Waals surface area (Å²) >= 11 is 0. The van der Waals surface area contributed by atoms with Gasteiger partial charge in [0, 0.05) is 0 Å². The van der Waals surface area contributed by atoms with Crippen LogP contribution in [0.2, 0.25) is 0 Å². The van der Waals surface area contributed by atoms with Crippen molar-refractivity contribution in [1.29, 1.82) is 0 Å². The third kappa shape index (κ3) is 2.01. The Bertz CT molecular complexity index is 392. The van der Waals surface area contributed by atoms with Gasteiger partial charge >= 0.3 is 11.7 Å². The van der Waals surface area contributed by atoms with Gasteiger partial charge in [0.25, 0.3) is 0 Å². The molecule has 1 aromatic carbocycles. The normalized spacial score (nSPS) is 9.00. The maximum atomic E-state index is 10.6. The van der Waals surface area contributed by atoms with Gasteiger partial charge in [-0.15, -0.1) is 0 Å². The van der Waals surface area contributed by atoms with Crippen LogP contribution in [0.15, 0.2) is 24.3 Å². The molecule has 0 atom stereocenters. The summed E-state index contributed by atoms with van der Waals surface area (Å²) in [6.07, 6.45) is 0. The summed E-state index contributed by atoms with van der Waals surface area (Å²) in [5.74, 6) is -1.24. The van der Waals surface area contributed by atoms with E-state index in [2.05, 4.69) is 4.79 Å². The molecule has 0 unspecified atom stereocenters. The van der Waals surface area contributed by atoms with Gasteiger partial charge in [-0.2, -0.15) is 4.79 Å². The molecule has 1 aromatic rings. The number of hydrogen-bond acceptors (Lipinski definition) is 1. The van der Waals surface area contributed by atoms with E-state index in [1.807, 2.05) is 13.0 Å². The number of benzene rings is 1. The quantitative estimate of drug-likeness (QED) is 0.416. The van der Waals surface area contributed by atoms with Crippen LogP contribution in [0, 0.1) is 6.92 Å². The number of nitrogens with zero attached hydrogens (tertiary/aromatic N) is 2. The number of rotatable bonds is 2. The van der Waals surface area contributed by atoms with Crippen LogP contribution in [0.3, 0.4) is 0 Å². The van der Waals surface area contributed by atoms with Crippen LogP contribution < -0.4 is 0 Å². The minimum Gasteiger partial charge on any atom is -0.472 e. The molecular weight excluding hydrogens is 168 g/mol. The molecule has 0 bridgehead atoms. The summed E-state index contributed by atoms with van der Waals surface area (Å²) in [5, 5.41) is 8.63. The standard InChI is InChI=1S/C9H8N2O2/c1-6-3-2-4-7(5-6)8(11-10)9(12)13/h2-5H,1H3,(H,12,13). The second kappa shape index (κ2) is 3.65. The van der Waals surface area contributed by atoms with Crippen LogP contribution in [-0.2, 0) is 4.79 Å². The number of carboxylic acids is 1. The number of carbonyl (C=O) groups is 1. The molecule has 0 aliphatic carbocycles. The van der Waals surface area contributed by atoms with E-state index >= 15 is 0 Å². The minimum absolute atomic E-state index is 0.344. The second-order valence-electron chi connectivity index (χ2n) is 2.62. The molecule has 0 aromatic heterocycles. The van der Waals surface area contributed by atoms with Crippen LogP contribution in [0.5, 0.6) is 0 Å². The van der Waals surface area contributed by atoms with Gasteiger partial charge in [0.05, 0.1) is 5.56 Å². The average Bonchev–Trinajstić information content (AvgIpc) is 2.04. The Morgan fingerprint density at radius 2 is 2.23 bits per heavy atom. The van der Waals surface area contributed by atoms with E-state index < -0.39 is 5.97 Å². The average molecular weight is 176 g/mol. The van der Waals surface area contributed by atoms with E-state index in [9.17, 15) is 4.79 Å². The molecule has 0 amide bonds. The molecule has 0 aliphatic rings. The molecule has 1 rings (SSSR count). The predicted octanol–water partition coefficient (Wildman–Crippen LogP) is 1.10. The lowest BCUT2D eigenvalue weighted by Gasteiger charge is -1.93. The van der Waals surface area contributed by atoms with Crippen LogP contribution >= 0.6 is 0 Å². The molecule has 0 aliphatic heterocycles. The zero-order valence-corrected chi connectivity index (χ0v) is 7.06. The van der Waals surface area contributed by atoms with Crippen molar-refractivity contribution in [3.8, 4) is 0 Å². The van der Waals surface area contributed by atoms with Gasteiger partial charge in [-0.25, -0.2) is 4.79 Å². The van der Waals surface area contributed by atoms with Gasteiger partial charge in [0.1, 0.15) is 0 Å². The summed E-state index contributed by atoms with van der Waals surface area (Å²) in [7, 11) is 0. The molecule has 0 fully saturated rings. The third-order valence-corrected chi connectivity index (χ3v) is 1.59. The van der Waals surface area contributed by atoms with Crippen molar-refractivity contribution in [2.45, 2.75) is 6.92 Å². The number of hydrogen-bond donors (Lipinski definition) is 1. The minimum atomic E-state index is -1.24. The first kappa shape index (κ1) is 9.16. The maximum absolute atomic E-state index is 10.6. The lowest BCUT2D eigenvalue weighted by molar-refractivity contribution is -0.133. The van der Waals surface area contributed by atoms with Crippen molar-refractivity contribution >= 4 is 11.7 Å². The topological polar surface area (TPSA) is 73.7 Å². The van der Waals surface area contributed by atoms with E-state index in [-0.39, 0.29) is 5.71 Å². The molecule has 1 N–H and O–H groups in total. The second-order valence-corrected chi connectivity index (χ2v) is 2.62. The van der Waals surface area contributed by atoms with Gasteiger partial charge in [-0.1, -0.05) is 17.7 Å². The van der Waals surface area contributed by atoms with Crippen LogP contribution in [0.1, 0.15) is 11.1 Å². The van der Waals surface area contributed by atoms with Crippen LogP contribution in [0.4, 0.5) is 0 Å². The smallest absolute Gasteiger partial charge is 0.419 e. The predicted molar refractivity (Wildman–Crippen MR) is 46.5 cm³/mol. The van der Waals surface area contributed by atoms with Gasteiger partial charge < -0.3 is 10.6 Å². The molecule has 0 spiro atoms. The molecule has 4 nitrogen and oxygen atoms in total. The first-order valence-corrected chi connectivity index (χ1v) is 3.67. The van der Waals surface area contributed by atoms with E-state index in [0.717, 1.165) is 5.56 Å². The Morgan fingerprint density at radius 1 is 1.54 bits per heavy atom. The molecular formula is C9H8N2O2. The highest BCUT2D eigenvalue weighted by atomic mass is 16.4. The van der Waals surface area contributed by atoms with E-state index in [1.165, 1.54) is 0 Å². The van der Waals surface area contributed by atoms with E-state index in [4.69, 9.17) is 10.6 Å². The number of carboxylic acid groups (broad SMARTS) is 1. The first-order chi connectivity index (χ1) is 6.15. The maximum Gasteiger partial charge on any atom is 0.419 e. The fourth-order valence-corrected chi connectivity index (χ4v) is 1.02. The molecule has 66 valence electrons. The summed E-state index contributed by atoms with van der Waals surface area (Å²) in [6, 6.07) is 6.76. The zero-order valence-electron chi connectivity index (χ0n) is 7.06. The highest BCUT2D eigenvalue weighted by Crippen LogP contribution is 2.04. The fourth-order valence-electron chi connectivity index (χ4n) is 1.02. The number of aliphatic carboxylic acids is 1. The first-order valence-electron chi connectivity index (χ1n) is 3.67. The third-order valence-electron chi connectivity index (χ3n) is 1.59. The summed E-state index contributed by atoms with van der Waals surface area (Å²) in [5.41, 5.74) is 9.42. The van der Waals surface area contributed by atoms with Crippen molar-refractivity contribution < 1.29 is 14.7 Å². The zero-order chi connectivity index (χ0) is 9.84. The highest BCUT2D eigenvalue weighted by molar-refractivity contribution is 6.40. The Hall–Kier alpha value is -1.93. The van der Waals surface area contributed by atoms with Crippen molar-refractivity contribution in [3.63, 3.8) is 0 Å². The summed E-state index contributed by atoms with van der Waals surface area (Å²) in [4.78, 5) is 13.3. The van der Waals surface area contributed by atoms with Gasteiger partial charge in [-0.05, 0) is 19.1 Å². The lowest BCUT2D eigenvalue weighted by atomic mass is 10.1. The Labute approximate surface area is 75.1 Å². The fraction of sp³-hybridized carbons (Fsp3) is 0.111. The SMILES string of the molecule is Cc1cccc(C(=[N+]=[N-])C(=O)O)c1. The molecule has 0 heterocycles. The highest BCUT2D eigenvalue weighted by Gasteiger charge is 2.20. The van der Waals surface area contributed by atoms with Crippen molar-refractivity contribution in [2.75, 3.05) is 0 Å². The van der Waals surface area contributed by atoms with Gasteiger partial charge in [0.2, 0.25) is 0 Å². The Morgan fingerprint density at radius 3 is 2.69 bits per heavy atom. The van der Waals surface area contributed by atoms with Crippen LogP contribution in [0.25, 0.3) is 5.53 Å². The molecule has 4 heteroatoms. The largest absolute Gasteiger partial charge is 0.472 e. The van der Waals surface area contributed by atoms with E-state index in [0.29, 0.717) is 5.56 Å². The summed E-state index contributed by atoms with van der Waals surface area (Å²) in [6.45, 7) is 1.83. The number of aryl methyl sites for hydroxylation is 1. The van der Waals surface area contributed by atoms with Crippen molar-refractivity contribution in [1.82, 2.24) is 0 Å². The molecule has 0 saturated carbocycles. The monoisotopic (exact) mass is 176 g/mol. The Balaban J connectivity index is 3.21. The molecule has 13 heavy (non-hydrogen) atoms. The van der Waals surface area contributed by atoms with E-state index in [1.54, 1.807) is 18.2 Å².